The monoisotopic (exact) mass is 477 g/mol. The van der Waals surface area contributed by atoms with Crippen molar-refractivity contribution in [1.29, 1.82) is 0 Å². The zero-order chi connectivity index (χ0) is 24.8. The number of anilines is 1. The van der Waals surface area contributed by atoms with Crippen molar-refractivity contribution >= 4 is 17.5 Å². The normalized spacial score (nSPS) is 12.9. The van der Waals surface area contributed by atoms with Crippen LogP contribution in [-0.4, -0.2) is 52.7 Å². The SMILES string of the molecule is CCN(CC)CCNC(=O)c1cccc(NC(=O)c2nn(-c3ccc(F)cc3)c3c2CCCC3)c1. The van der Waals surface area contributed by atoms with E-state index in [1.54, 1.807) is 41.1 Å². The van der Waals surface area contributed by atoms with Gasteiger partial charge in [0.2, 0.25) is 0 Å². The fourth-order valence-electron chi connectivity index (χ4n) is 4.48. The van der Waals surface area contributed by atoms with Crippen molar-refractivity contribution in [1.82, 2.24) is 20.0 Å². The molecule has 184 valence electrons. The van der Waals surface area contributed by atoms with Gasteiger partial charge in [0.05, 0.1) is 5.69 Å². The highest BCUT2D eigenvalue weighted by Gasteiger charge is 2.26. The molecule has 0 aliphatic heterocycles. The maximum Gasteiger partial charge on any atom is 0.276 e. The molecule has 3 aromatic rings. The molecule has 0 atom stereocenters. The average Bonchev–Trinajstić information content (AvgIpc) is 3.27. The van der Waals surface area contributed by atoms with Gasteiger partial charge in [-0.25, -0.2) is 9.07 Å². The summed E-state index contributed by atoms with van der Waals surface area (Å²) in [6.07, 6.45) is 3.60. The minimum atomic E-state index is -0.317. The number of nitrogens with zero attached hydrogens (tertiary/aromatic N) is 3. The van der Waals surface area contributed by atoms with Gasteiger partial charge in [0.15, 0.2) is 5.69 Å². The summed E-state index contributed by atoms with van der Waals surface area (Å²) in [5, 5.41) is 10.5. The maximum atomic E-state index is 13.4. The van der Waals surface area contributed by atoms with E-state index in [-0.39, 0.29) is 17.6 Å². The second-order valence-corrected chi connectivity index (χ2v) is 8.69. The van der Waals surface area contributed by atoms with Crippen molar-refractivity contribution in [2.24, 2.45) is 0 Å². The lowest BCUT2D eigenvalue weighted by Crippen LogP contribution is -2.34. The number of benzene rings is 2. The molecule has 0 bridgehead atoms. The smallest absolute Gasteiger partial charge is 0.276 e. The molecule has 1 aromatic heterocycles. The Morgan fingerprint density at radius 2 is 1.77 bits per heavy atom. The van der Waals surface area contributed by atoms with Gasteiger partial charge in [0, 0.05) is 35.6 Å². The largest absolute Gasteiger partial charge is 0.351 e. The van der Waals surface area contributed by atoms with E-state index in [4.69, 9.17) is 0 Å². The van der Waals surface area contributed by atoms with Gasteiger partial charge in [-0.15, -0.1) is 0 Å². The van der Waals surface area contributed by atoms with E-state index in [0.717, 1.165) is 62.3 Å². The molecule has 1 heterocycles. The first-order chi connectivity index (χ1) is 17.0. The van der Waals surface area contributed by atoms with Gasteiger partial charge in [-0.1, -0.05) is 19.9 Å². The molecule has 35 heavy (non-hydrogen) atoms. The zero-order valence-electron chi connectivity index (χ0n) is 20.3. The summed E-state index contributed by atoms with van der Waals surface area (Å²) in [7, 11) is 0. The van der Waals surface area contributed by atoms with Crippen LogP contribution in [0.5, 0.6) is 0 Å². The molecule has 7 nitrogen and oxygen atoms in total. The molecule has 2 aromatic carbocycles. The van der Waals surface area contributed by atoms with Crippen LogP contribution in [0.3, 0.4) is 0 Å². The van der Waals surface area contributed by atoms with Gasteiger partial charge < -0.3 is 15.5 Å². The van der Waals surface area contributed by atoms with Gasteiger partial charge >= 0.3 is 0 Å². The summed E-state index contributed by atoms with van der Waals surface area (Å²) in [4.78, 5) is 28.1. The molecular weight excluding hydrogens is 445 g/mol. The molecule has 0 radical (unpaired) electrons. The van der Waals surface area contributed by atoms with Crippen LogP contribution < -0.4 is 10.6 Å². The molecule has 1 aliphatic carbocycles. The van der Waals surface area contributed by atoms with E-state index in [9.17, 15) is 14.0 Å². The molecular formula is C27H32FN5O2. The molecule has 0 spiro atoms. The third-order valence-corrected chi connectivity index (χ3v) is 6.46. The summed E-state index contributed by atoms with van der Waals surface area (Å²) < 4.78 is 15.2. The molecule has 2 amide bonds. The average molecular weight is 478 g/mol. The number of rotatable bonds is 9. The third-order valence-electron chi connectivity index (χ3n) is 6.46. The van der Waals surface area contributed by atoms with Crippen molar-refractivity contribution in [3.8, 4) is 5.69 Å². The predicted octanol–water partition coefficient (Wildman–Crippen LogP) is 4.21. The number of carbonyl (C=O) groups is 2. The number of hydrogen-bond acceptors (Lipinski definition) is 4. The molecule has 0 fully saturated rings. The van der Waals surface area contributed by atoms with Gasteiger partial charge in [0.1, 0.15) is 5.82 Å². The van der Waals surface area contributed by atoms with E-state index >= 15 is 0 Å². The Kier molecular flexibility index (Phi) is 7.92. The molecule has 2 N–H and O–H groups in total. The highest BCUT2D eigenvalue weighted by Crippen LogP contribution is 2.28. The number of nitrogens with one attached hydrogen (secondary N) is 2. The molecule has 8 heteroatoms. The molecule has 1 aliphatic rings. The van der Waals surface area contributed by atoms with Crippen molar-refractivity contribution in [3.63, 3.8) is 0 Å². The fraction of sp³-hybridized carbons (Fsp3) is 0.370. The highest BCUT2D eigenvalue weighted by atomic mass is 19.1. The third kappa shape index (κ3) is 5.77. The van der Waals surface area contributed by atoms with Crippen LogP contribution >= 0.6 is 0 Å². The van der Waals surface area contributed by atoms with Gasteiger partial charge in [-0.05, 0) is 81.2 Å². The Morgan fingerprint density at radius 3 is 2.51 bits per heavy atom. The number of fused-ring (bicyclic) bond motifs is 1. The number of hydrogen-bond donors (Lipinski definition) is 2. The van der Waals surface area contributed by atoms with Crippen molar-refractivity contribution in [2.75, 3.05) is 31.5 Å². The van der Waals surface area contributed by atoms with E-state index in [2.05, 4.69) is 34.5 Å². The number of likely N-dealkylation sites (N-methyl/N-ethyl adjacent to an activating group) is 1. The van der Waals surface area contributed by atoms with Crippen LogP contribution in [0.25, 0.3) is 5.69 Å². The number of amides is 2. The summed E-state index contributed by atoms with van der Waals surface area (Å²) in [5.41, 5.74) is 4.05. The molecule has 0 unspecified atom stereocenters. The summed E-state index contributed by atoms with van der Waals surface area (Å²) in [6.45, 7) is 7.42. The first-order valence-corrected chi connectivity index (χ1v) is 12.3. The summed E-state index contributed by atoms with van der Waals surface area (Å²) >= 11 is 0. The van der Waals surface area contributed by atoms with Gasteiger partial charge in [0.25, 0.3) is 11.8 Å². The second-order valence-electron chi connectivity index (χ2n) is 8.69. The minimum absolute atomic E-state index is 0.175. The molecule has 4 rings (SSSR count). The lowest BCUT2D eigenvalue weighted by molar-refractivity contribution is 0.0947. The van der Waals surface area contributed by atoms with Gasteiger partial charge in [-0.3, -0.25) is 9.59 Å². The van der Waals surface area contributed by atoms with Crippen molar-refractivity contribution < 1.29 is 14.0 Å². The van der Waals surface area contributed by atoms with Crippen LogP contribution in [0.1, 0.15) is 58.8 Å². The van der Waals surface area contributed by atoms with E-state index in [1.807, 2.05) is 0 Å². The lowest BCUT2D eigenvalue weighted by atomic mass is 9.95. The van der Waals surface area contributed by atoms with E-state index in [0.29, 0.717) is 23.5 Å². The van der Waals surface area contributed by atoms with Crippen LogP contribution in [-0.2, 0) is 12.8 Å². The first-order valence-electron chi connectivity index (χ1n) is 12.3. The Hall–Kier alpha value is -3.52. The molecule has 0 saturated heterocycles. The van der Waals surface area contributed by atoms with Crippen molar-refractivity contribution in [3.05, 3.63) is 76.9 Å². The minimum Gasteiger partial charge on any atom is -0.351 e. The Labute approximate surface area is 205 Å². The number of carbonyl (C=O) groups excluding carboxylic acids is 2. The highest BCUT2D eigenvalue weighted by molar-refractivity contribution is 6.05. The van der Waals surface area contributed by atoms with Crippen LogP contribution in [0, 0.1) is 5.82 Å². The van der Waals surface area contributed by atoms with Crippen LogP contribution in [0.15, 0.2) is 48.5 Å². The Morgan fingerprint density at radius 1 is 1.03 bits per heavy atom. The summed E-state index contributed by atoms with van der Waals surface area (Å²) in [5.74, 6) is -0.806. The van der Waals surface area contributed by atoms with Crippen molar-refractivity contribution in [2.45, 2.75) is 39.5 Å². The molecule has 0 saturated carbocycles. The first kappa shape index (κ1) is 24.6. The Bertz CT molecular complexity index is 1180. The fourth-order valence-corrected chi connectivity index (χ4v) is 4.48. The zero-order valence-corrected chi connectivity index (χ0v) is 20.3. The Balaban J connectivity index is 1.49. The van der Waals surface area contributed by atoms with Crippen LogP contribution in [0.2, 0.25) is 0 Å². The lowest BCUT2D eigenvalue weighted by Gasteiger charge is -2.18. The maximum absolute atomic E-state index is 13.4. The second kappa shape index (κ2) is 11.3. The predicted molar refractivity (Wildman–Crippen MR) is 135 cm³/mol. The van der Waals surface area contributed by atoms with E-state index < -0.39 is 0 Å². The number of aromatic nitrogens is 2. The van der Waals surface area contributed by atoms with E-state index in [1.165, 1.54) is 12.1 Å². The quantitative estimate of drug-likeness (QED) is 0.484. The number of halogens is 1. The van der Waals surface area contributed by atoms with Gasteiger partial charge in [-0.2, -0.15) is 5.10 Å². The van der Waals surface area contributed by atoms with Crippen LogP contribution in [0.4, 0.5) is 10.1 Å². The summed E-state index contributed by atoms with van der Waals surface area (Å²) in [6, 6.07) is 13.0. The topological polar surface area (TPSA) is 79.3 Å². The standard InChI is InChI=1S/C27H32FN5O2/c1-3-32(4-2)17-16-29-26(34)19-8-7-9-21(18-19)30-27(35)25-23-10-5-6-11-24(23)33(31-25)22-14-12-20(28)13-15-22/h7-9,12-15,18H,3-6,10-11,16-17H2,1-2H3,(H,29,34)(H,30,35).